The molecule has 1 aliphatic heterocycles. The van der Waals surface area contributed by atoms with Gasteiger partial charge in [0.1, 0.15) is 12.3 Å². The number of aliphatic hydroxyl groups is 2. The van der Waals surface area contributed by atoms with E-state index in [0.29, 0.717) is 12.2 Å². The fraction of sp³-hybridized carbons (Fsp3) is 0.667. The van der Waals surface area contributed by atoms with Gasteiger partial charge in [-0.3, -0.25) is 14.3 Å². The molecule has 2 rings (SSSR count). The molecule has 1 aromatic heterocycles. The van der Waals surface area contributed by atoms with Gasteiger partial charge in [0.25, 0.3) is 5.56 Å². The van der Waals surface area contributed by atoms with E-state index in [0.717, 1.165) is 0 Å². The van der Waals surface area contributed by atoms with Crippen LogP contribution in [0.4, 0.5) is 0 Å². The maximum Gasteiger partial charge on any atom is 0.330 e. The molecule has 8 heteroatoms. The zero-order valence-corrected chi connectivity index (χ0v) is 11.1. The van der Waals surface area contributed by atoms with Crippen molar-refractivity contribution in [1.29, 1.82) is 0 Å². The van der Waals surface area contributed by atoms with Crippen molar-refractivity contribution in [3.63, 3.8) is 0 Å². The number of aromatic amines is 1. The Morgan fingerprint density at radius 1 is 1.55 bits per heavy atom. The SMILES string of the molecule is CCOCc1cn([C@H]2CC(O)[C@@H](CO)O2)c(=O)[nH]c1=O. The fourth-order valence-electron chi connectivity index (χ4n) is 2.11. The number of ether oxygens (including phenoxy) is 2. The van der Waals surface area contributed by atoms with Crippen molar-refractivity contribution in [1.82, 2.24) is 9.55 Å². The Balaban J connectivity index is 2.28. The van der Waals surface area contributed by atoms with E-state index in [9.17, 15) is 14.7 Å². The minimum atomic E-state index is -0.848. The molecular formula is C12H18N2O6. The lowest BCUT2D eigenvalue weighted by molar-refractivity contribution is -0.0461. The van der Waals surface area contributed by atoms with E-state index in [1.54, 1.807) is 6.92 Å². The Kier molecular flexibility index (Phi) is 4.71. The van der Waals surface area contributed by atoms with Crippen molar-refractivity contribution in [3.05, 3.63) is 32.6 Å². The van der Waals surface area contributed by atoms with Crippen molar-refractivity contribution in [2.24, 2.45) is 0 Å². The molecule has 2 heterocycles. The van der Waals surface area contributed by atoms with Crippen LogP contribution in [0.5, 0.6) is 0 Å². The zero-order chi connectivity index (χ0) is 14.7. The summed E-state index contributed by atoms with van der Waals surface area (Å²) in [4.78, 5) is 25.6. The first-order chi connectivity index (χ1) is 9.56. The third-order valence-corrected chi connectivity index (χ3v) is 3.20. The van der Waals surface area contributed by atoms with Gasteiger partial charge in [-0.25, -0.2) is 4.79 Å². The van der Waals surface area contributed by atoms with Crippen molar-refractivity contribution in [2.45, 2.75) is 38.4 Å². The second-order valence-electron chi connectivity index (χ2n) is 4.57. The van der Waals surface area contributed by atoms with E-state index in [-0.39, 0.29) is 19.6 Å². The molecule has 20 heavy (non-hydrogen) atoms. The largest absolute Gasteiger partial charge is 0.394 e. The van der Waals surface area contributed by atoms with E-state index in [4.69, 9.17) is 14.6 Å². The first-order valence-corrected chi connectivity index (χ1v) is 6.43. The van der Waals surface area contributed by atoms with E-state index in [2.05, 4.69) is 4.98 Å². The highest BCUT2D eigenvalue weighted by atomic mass is 16.5. The van der Waals surface area contributed by atoms with Gasteiger partial charge in [-0.05, 0) is 6.92 Å². The van der Waals surface area contributed by atoms with Crippen LogP contribution in [-0.4, -0.2) is 45.2 Å². The molecule has 0 aromatic carbocycles. The molecule has 3 N–H and O–H groups in total. The Hall–Kier alpha value is -1.48. The van der Waals surface area contributed by atoms with Crippen LogP contribution < -0.4 is 11.2 Å². The standard InChI is InChI=1S/C12H18N2O6/c1-2-19-6-7-4-14(12(18)13-11(7)17)10-3-8(16)9(5-15)20-10/h4,8-10,15-16H,2-3,5-6H2,1H3,(H,13,17,18)/t8?,9-,10-/m1/s1. The van der Waals surface area contributed by atoms with Crippen LogP contribution >= 0.6 is 0 Å². The number of hydrogen-bond acceptors (Lipinski definition) is 6. The van der Waals surface area contributed by atoms with Crippen molar-refractivity contribution < 1.29 is 19.7 Å². The smallest absolute Gasteiger partial charge is 0.330 e. The monoisotopic (exact) mass is 286 g/mol. The lowest BCUT2D eigenvalue weighted by Crippen LogP contribution is -2.34. The van der Waals surface area contributed by atoms with E-state index in [1.807, 2.05) is 0 Å². The first-order valence-electron chi connectivity index (χ1n) is 6.43. The highest BCUT2D eigenvalue weighted by Gasteiger charge is 2.35. The second-order valence-corrected chi connectivity index (χ2v) is 4.57. The van der Waals surface area contributed by atoms with Crippen LogP contribution in [-0.2, 0) is 16.1 Å². The highest BCUT2D eigenvalue weighted by molar-refractivity contribution is 5.04. The lowest BCUT2D eigenvalue weighted by Gasteiger charge is -2.15. The Morgan fingerprint density at radius 2 is 2.30 bits per heavy atom. The molecule has 0 aliphatic carbocycles. The van der Waals surface area contributed by atoms with Gasteiger partial charge in [0.05, 0.1) is 24.9 Å². The number of aromatic nitrogens is 2. The number of H-pyrrole nitrogens is 1. The molecule has 0 amide bonds. The van der Waals surface area contributed by atoms with Crippen LogP contribution in [0.25, 0.3) is 0 Å². The summed E-state index contributed by atoms with van der Waals surface area (Å²) in [6, 6.07) is 0. The summed E-state index contributed by atoms with van der Waals surface area (Å²) >= 11 is 0. The van der Waals surface area contributed by atoms with Gasteiger partial charge in [0.15, 0.2) is 0 Å². The van der Waals surface area contributed by atoms with Gasteiger partial charge in [0.2, 0.25) is 0 Å². The summed E-state index contributed by atoms with van der Waals surface area (Å²) in [7, 11) is 0. The average Bonchev–Trinajstić information content (AvgIpc) is 2.79. The second kappa shape index (κ2) is 6.31. The van der Waals surface area contributed by atoms with Crippen LogP contribution in [0.1, 0.15) is 25.1 Å². The van der Waals surface area contributed by atoms with Gasteiger partial charge in [0, 0.05) is 19.2 Å². The van der Waals surface area contributed by atoms with Crippen LogP contribution in [0.2, 0.25) is 0 Å². The molecule has 0 bridgehead atoms. The highest BCUT2D eigenvalue weighted by Crippen LogP contribution is 2.27. The Bertz CT molecular complexity index is 566. The molecule has 1 aromatic rings. The third kappa shape index (κ3) is 2.98. The first kappa shape index (κ1) is 14.9. The molecule has 0 radical (unpaired) electrons. The lowest BCUT2D eigenvalue weighted by atomic mass is 10.2. The topological polar surface area (TPSA) is 114 Å². The number of hydrogen-bond donors (Lipinski definition) is 3. The molecule has 112 valence electrons. The van der Waals surface area contributed by atoms with Crippen molar-refractivity contribution >= 4 is 0 Å². The number of nitrogens with one attached hydrogen (secondary N) is 1. The molecule has 1 aliphatic rings. The Labute approximate surface area is 114 Å². The minimum Gasteiger partial charge on any atom is -0.394 e. The van der Waals surface area contributed by atoms with Gasteiger partial charge >= 0.3 is 5.69 Å². The van der Waals surface area contributed by atoms with Gasteiger partial charge in [-0.1, -0.05) is 0 Å². The van der Waals surface area contributed by atoms with Crippen molar-refractivity contribution in [2.75, 3.05) is 13.2 Å². The van der Waals surface area contributed by atoms with Gasteiger partial charge < -0.3 is 19.7 Å². The normalized spacial score (nSPS) is 26.1. The molecule has 1 saturated heterocycles. The maximum absolute atomic E-state index is 11.8. The quantitative estimate of drug-likeness (QED) is 0.621. The summed E-state index contributed by atoms with van der Waals surface area (Å²) in [5, 5.41) is 18.7. The van der Waals surface area contributed by atoms with E-state index >= 15 is 0 Å². The summed E-state index contributed by atoms with van der Waals surface area (Å²) in [5.74, 6) is 0. The third-order valence-electron chi connectivity index (χ3n) is 3.20. The van der Waals surface area contributed by atoms with Gasteiger partial charge in [-0.2, -0.15) is 0 Å². The average molecular weight is 286 g/mol. The van der Waals surface area contributed by atoms with E-state index in [1.165, 1.54) is 10.8 Å². The summed E-state index contributed by atoms with van der Waals surface area (Å²) in [5.41, 5.74) is -0.819. The predicted molar refractivity (Wildman–Crippen MR) is 68.3 cm³/mol. The van der Waals surface area contributed by atoms with Gasteiger partial charge in [-0.15, -0.1) is 0 Å². The van der Waals surface area contributed by atoms with Crippen LogP contribution in [0.3, 0.4) is 0 Å². The minimum absolute atomic E-state index is 0.0881. The van der Waals surface area contributed by atoms with Crippen molar-refractivity contribution in [3.8, 4) is 0 Å². The number of aliphatic hydroxyl groups excluding tert-OH is 2. The molecule has 1 fully saturated rings. The van der Waals surface area contributed by atoms with Crippen LogP contribution in [0.15, 0.2) is 15.8 Å². The van der Waals surface area contributed by atoms with E-state index < -0.39 is 29.7 Å². The Morgan fingerprint density at radius 3 is 2.90 bits per heavy atom. The summed E-state index contributed by atoms with van der Waals surface area (Å²) in [6.07, 6.45) is -0.751. The predicted octanol–water partition coefficient (Wildman–Crippen LogP) is -1.29. The molecule has 8 nitrogen and oxygen atoms in total. The molecule has 3 atom stereocenters. The molecule has 0 spiro atoms. The number of nitrogens with zero attached hydrogens (tertiary/aromatic N) is 1. The fourth-order valence-corrected chi connectivity index (χ4v) is 2.11. The summed E-state index contributed by atoms with van der Waals surface area (Å²) in [6.45, 7) is 2.00. The molecule has 0 saturated carbocycles. The maximum atomic E-state index is 11.8. The summed E-state index contributed by atoms with van der Waals surface area (Å²) < 4.78 is 11.7. The van der Waals surface area contributed by atoms with Crippen LogP contribution in [0, 0.1) is 0 Å². The number of rotatable bonds is 5. The molecule has 1 unspecified atom stereocenters. The zero-order valence-electron chi connectivity index (χ0n) is 11.1. The molecular weight excluding hydrogens is 268 g/mol.